The Morgan fingerprint density at radius 1 is 1.09 bits per heavy atom. The van der Waals surface area contributed by atoms with Gasteiger partial charge in [0.2, 0.25) is 10.0 Å². The molecule has 0 spiro atoms. The average Bonchev–Trinajstić information content (AvgIpc) is 2.51. The van der Waals surface area contributed by atoms with Crippen LogP contribution >= 0.6 is 15.9 Å². The number of aryl methyl sites for hydroxylation is 1. The highest BCUT2D eigenvalue weighted by atomic mass is 79.9. The number of sulfonamides is 1. The fourth-order valence-electron chi connectivity index (χ4n) is 2.47. The van der Waals surface area contributed by atoms with Crippen molar-refractivity contribution in [3.05, 3.63) is 65.2 Å². The molecule has 0 aromatic heterocycles. The van der Waals surface area contributed by atoms with E-state index in [0.717, 1.165) is 5.56 Å². The molecule has 114 valence electrons. The topological polar surface area (TPSA) is 54.5 Å². The Bertz CT molecular complexity index is 831. The van der Waals surface area contributed by atoms with Crippen LogP contribution in [0, 0.1) is 6.92 Å². The molecule has 6 heteroatoms. The van der Waals surface area contributed by atoms with Gasteiger partial charge in [-0.25, -0.2) is 8.42 Å². The molecule has 0 saturated carbocycles. The minimum atomic E-state index is -3.74. The molecule has 2 aromatic rings. The summed E-state index contributed by atoms with van der Waals surface area (Å²) in [5.41, 5.74) is 2.23. The van der Waals surface area contributed by atoms with Crippen molar-refractivity contribution in [3.8, 4) is 0 Å². The van der Waals surface area contributed by atoms with E-state index in [-0.39, 0.29) is 17.2 Å². The van der Waals surface area contributed by atoms with Gasteiger partial charge in [-0.1, -0.05) is 57.9 Å². The molecular formula is C16H14BrNO3S. The Kier molecular flexibility index (Phi) is 3.92. The minimum absolute atomic E-state index is 0.164. The van der Waals surface area contributed by atoms with Crippen molar-refractivity contribution in [2.45, 2.75) is 16.8 Å². The second-order valence-corrected chi connectivity index (χ2v) is 7.97. The molecule has 2 aromatic carbocycles. The zero-order chi connectivity index (χ0) is 15.9. The first-order valence-corrected chi connectivity index (χ1v) is 9.11. The van der Waals surface area contributed by atoms with Crippen LogP contribution in [0.2, 0.25) is 0 Å². The van der Waals surface area contributed by atoms with E-state index in [1.54, 1.807) is 48.5 Å². The van der Waals surface area contributed by atoms with Crippen LogP contribution in [0.5, 0.6) is 0 Å². The monoisotopic (exact) mass is 379 g/mol. The van der Waals surface area contributed by atoms with Crippen LogP contribution in [-0.2, 0) is 10.0 Å². The maximum absolute atomic E-state index is 12.8. The van der Waals surface area contributed by atoms with Crippen molar-refractivity contribution >= 4 is 31.7 Å². The summed E-state index contributed by atoms with van der Waals surface area (Å²) in [5.74, 6) is -0.193. The predicted molar refractivity (Wildman–Crippen MR) is 87.5 cm³/mol. The van der Waals surface area contributed by atoms with Gasteiger partial charge in [0.15, 0.2) is 5.78 Å². The zero-order valence-electron chi connectivity index (χ0n) is 11.9. The molecule has 3 rings (SSSR count). The van der Waals surface area contributed by atoms with Gasteiger partial charge in [-0.2, -0.15) is 4.31 Å². The van der Waals surface area contributed by atoms with E-state index in [0.29, 0.717) is 11.1 Å². The van der Waals surface area contributed by atoms with Crippen LogP contribution in [0.1, 0.15) is 26.4 Å². The molecule has 4 nitrogen and oxygen atoms in total. The molecule has 1 unspecified atom stereocenters. The van der Waals surface area contributed by atoms with Gasteiger partial charge >= 0.3 is 0 Å². The van der Waals surface area contributed by atoms with E-state index in [1.807, 2.05) is 6.92 Å². The van der Waals surface area contributed by atoms with E-state index in [1.165, 1.54) is 4.31 Å². The highest BCUT2D eigenvalue weighted by molar-refractivity contribution is 9.09. The Labute approximate surface area is 137 Å². The van der Waals surface area contributed by atoms with Crippen LogP contribution in [0.15, 0.2) is 53.4 Å². The third kappa shape index (κ3) is 2.51. The highest BCUT2D eigenvalue weighted by Crippen LogP contribution is 2.37. The third-order valence-corrected chi connectivity index (χ3v) is 6.78. The van der Waals surface area contributed by atoms with Crippen LogP contribution < -0.4 is 0 Å². The van der Waals surface area contributed by atoms with E-state index < -0.39 is 15.0 Å². The lowest BCUT2D eigenvalue weighted by Crippen LogP contribution is -2.40. The molecule has 0 amide bonds. The van der Waals surface area contributed by atoms with E-state index >= 15 is 0 Å². The Hall–Kier alpha value is -1.50. The Balaban J connectivity index is 2.06. The largest absolute Gasteiger partial charge is 0.293 e. The van der Waals surface area contributed by atoms with Crippen molar-refractivity contribution in [1.29, 1.82) is 0 Å². The number of fused-ring (bicyclic) bond motifs is 1. The van der Waals surface area contributed by atoms with Crippen molar-refractivity contribution in [2.24, 2.45) is 0 Å². The molecule has 22 heavy (non-hydrogen) atoms. The van der Waals surface area contributed by atoms with E-state index in [4.69, 9.17) is 0 Å². The predicted octanol–water partition coefficient (Wildman–Crippen LogP) is 3.28. The quantitative estimate of drug-likeness (QED) is 0.594. The summed E-state index contributed by atoms with van der Waals surface area (Å²) in [6, 6.07) is 13.7. The second-order valence-electron chi connectivity index (χ2n) is 5.21. The Morgan fingerprint density at radius 2 is 1.73 bits per heavy atom. The van der Waals surface area contributed by atoms with Gasteiger partial charge in [-0.3, -0.25) is 4.79 Å². The number of carbonyl (C=O) groups is 1. The second kappa shape index (κ2) is 5.61. The smallest absolute Gasteiger partial charge is 0.244 e. The molecule has 0 fully saturated rings. The summed E-state index contributed by atoms with van der Waals surface area (Å²) in [7, 11) is -3.74. The average molecular weight is 380 g/mol. The number of hydrogen-bond donors (Lipinski definition) is 0. The lowest BCUT2D eigenvalue weighted by Gasteiger charge is -2.32. The molecular weight excluding hydrogens is 366 g/mol. The molecule has 0 aliphatic carbocycles. The first kappa shape index (κ1) is 15.4. The fourth-order valence-corrected chi connectivity index (χ4v) is 5.07. The number of carbonyl (C=O) groups excluding carboxylic acids is 1. The Morgan fingerprint density at radius 3 is 2.41 bits per heavy atom. The van der Waals surface area contributed by atoms with E-state index in [2.05, 4.69) is 15.9 Å². The summed E-state index contributed by atoms with van der Waals surface area (Å²) in [4.78, 5) is 11.9. The summed E-state index contributed by atoms with van der Waals surface area (Å²) >= 11 is 3.42. The zero-order valence-corrected chi connectivity index (χ0v) is 14.3. The van der Waals surface area contributed by atoms with Gasteiger partial charge in [-0.15, -0.1) is 0 Å². The van der Waals surface area contributed by atoms with Crippen molar-refractivity contribution < 1.29 is 13.2 Å². The maximum atomic E-state index is 12.8. The van der Waals surface area contributed by atoms with Crippen molar-refractivity contribution in [1.82, 2.24) is 4.31 Å². The van der Waals surface area contributed by atoms with Crippen LogP contribution in [0.25, 0.3) is 0 Å². The van der Waals surface area contributed by atoms with Crippen molar-refractivity contribution in [3.63, 3.8) is 0 Å². The molecule has 0 radical (unpaired) electrons. The summed E-state index contributed by atoms with van der Waals surface area (Å²) in [6.45, 7) is 1.73. The SMILES string of the molecule is Cc1ccc(S(=O)(=O)N2CC(=O)c3ccccc3C2Br)cc1. The molecule has 1 atom stereocenters. The fraction of sp³-hybridized carbons (Fsp3) is 0.188. The lowest BCUT2D eigenvalue weighted by molar-refractivity contribution is 0.0949. The normalized spacial score (nSPS) is 19.0. The molecule has 1 heterocycles. The number of nitrogens with zero attached hydrogens (tertiary/aromatic N) is 1. The number of hydrogen-bond acceptors (Lipinski definition) is 3. The van der Waals surface area contributed by atoms with Gasteiger partial charge in [-0.05, 0) is 24.6 Å². The molecule has 0 saturated heterocycles. The maximum Gasteiger partial charge on any atom is 0.244 e. The van der Waals surface area contributed by atoms with Crippen molar-refractivity contribution in [2.75, 3.05) is 6.54 Å². The van der Waals surface area contributed by atoms with Gasteiger partial charge in [0.1, 0.15) is 4.95 Å². The number of Topliss-reactive ketones (excluding diaryl/α,β-unsaturated/α-hetero) is 1. The molecule has 0 N–H and O–H groups in total. The van der Waals surface area contributed by atoms with Gasteiger partial charge in [0, 0.05) is 5.56 Å². The van der Waals surface area contributed by atoms with Gasteiger partial charge in [0.25, 0.3) is 0 Å². The first-order chi connectivity index (χ1) is 10.4. The third-order valence-electron chi connectivity index (χ3n) is 3.70. The highest BCUT2D eigenvalue weighted by Gasteiger charge is 2.38. The van der Waals surface area contributed by atoms with Crippen LogP contribution in [0.4, 0.5) is 0 Å². The lowest BCUT2D eigenvalue weighted by atomic mass is 10.0. The number of alkyl halides is 1. The summed E-state index contributed by atoms with van der Waals surface area (Å²) in [6.07, 6.45) is 0. The summed E-state index contributed by atoms with van der Waals surface area (Å²) in [5, 5.41) is 0. The van der Waals surface area contributed by atoms with Gasteiger partial charge < -0.3 is 0 Å². The first-order valence-electron chi connectivity index (χ1n) is 6.76. The van der Waals surface area contributed by atoms with Crippen LogP contribution in [0.3, 0.4) is 0 Å². The molecule has 0 bridgehead atoms. The number of benzene rings is 2. The number of ketones is 1. The van der Waals surface area contributed by atoms with E-state index in [9.17, 15) is 13.2 Å². The number of rotatable bonds is 2. The molecule has 1 aliphatic rings. The van der Waals surface area contributed by atoms with Gasteiger partial charge in [0.05, 0.1) is 11.4 Å². The summed E-state index contributed by atoms with van der Waals surface area (Å²) < 4.78 is 26.8. The standard InChI is InChI=1S/C16H14BrNO3S/c1-11-6-8-12(9-7-11)22(20,21)18-10-15(19)13-4-2-3-5-14(13)16(18)17/h2-9,16H,10H2,1H3. The molecule has 1 aliphatic heterocycles. The number of halogens is 1. The minimum Gasteiger partial charge on any atom is -0.293 e. The van der Waals surface area contributed by atoms with Crippen LogP contribution in [-0.4, -0.2) is 25.1 Å².